The van der Waals surface area contributed by atoms with Crippen molar-refractivity contribution in [2.45, 2.75) is 33.6 Å². The monoisotopic (exact) mass is 272 g/mol. The molecule has 0 radical (unpaired) electrons. The van der Waals surface area contributed by atoms with Crippen molar-refractivity contribution in [3.8, 4) is 5.75 Å². The summed E-state index contributed by atoms with van der Waals surface area (Å²) in [5.41, 5.74) is 2.15. The number of ether oxygens (including phenoxy) is 1. The van der Waals surface area contributed by atoms with E-state index in [1.807, 2.05) is 26.0 Å². The van der Waals surface area contributed by atoms with Gasteiger partial charge in [-0.2, -0.15) is 12.6 Å². The molecule has 1 unspecified atom stereocenters. The summed E-state index contributed by atoms with van der Waals surface area (Å²) in [7, 11) is 0. The number of benzene rings is 1. The van der Waals surface area contributed by atoms with Gasteiger partial charge in [0, 0.05) is 5.02 Å². The summed E-state index contributed by atoms with van der Waals surface area (Å²) in [6, 6.07) is 4.00. The molecule has 17 heavy (non-hydrogen) atoms. The second-order valence-corrected chi connectivity index (χ2v) is 5.45. The third kappa shape index (κ3) is 4.81. The van der Waals surface area contributed by atoms with E-state index in [-0.39, 0.29) is 0 Å². The first kappa shape index (κ1) is 14.7. The summed E-state index contributed by atoms with van der Waals surface area (Å²) >= 11 is 10.3. The van der Waals surface area contributed by atoms with E-state index in [0.29, 0.717) is 5.92 Å². The molecule has 96 valence electrons. The average molecular weight is 273 g/mol. The Morgan fingerprint density at radius 2 is 1.82 bits per heavy atom. The lowest BCUT2D eigenvalue weighted by molar-refractivity contribution is 0.282. The van der Waals surface area contributed by atoms with Crippen molar-refractivity contribution in [2.75, 3.05) is 12.4 Å². The molecule has 0 heterocycles. The first-order valence-corrected chi connectivity index (χ1v) is 7.06. The van der Waals surface area contributed by atoms with Crippen LogP contribution in [0.2, 0.25) is 5.02 Å². The van der Waals surface area contributed by atoms with Gasteiger partial charge in [0.1, 0.15) is 5.75 Å². The number of rotatable bonds is 6. The molecule has 0 bridgehead atoms. The van der Waals surface area contributed by atoms with Crippen molar-refractivity contribution in [1.82, 2.24) is 0 Å². The van der Waals surface area contributed by atoms with Crippen molar-refractivity contribution in [3.63, 3.8) is 0 Å². The van der Waals surface area contributed by atoms with E-state index >= 15 is 0 Å². The SMILES string of the molecule is Cc1cc(OCCC(C)CCS)cc(C)c1Cl. The summed E-state index contributed by atoms with van der Waals surface area (Å²) in [5.74, 6) is 2.53. The predicted octanol–water partition coefficient (Wildman–Crippen LogP) is 4.68. The van der Waals surface area contributed by atoms with E-state index in [1.165, 1.54) is 0 Å². The number of hydrogen-bond acceptors (Lipinski definition) is 2. The maximum Gasteiger partial charge on any atom is 0.119 e. The Labute approximate surface area is 115 Å². The highest BCUT2D eigenvalue weighted by atomic mass is 35.5. The van der Waals surface area contributed by atoms with E-state index in [4.69, 9.17) is 16.3 Å². The van der Waals surface area contributed by atoms with Crippen molar-refractivity contribution >= 4 is 24.2 Å². The smallest absolute Gasteiger partial charge is 0.119 e. The van der Waals surface area contributed by atoms with E-state index in [0.717, 1.165) is 47.1 Å². The molecule has 0 aromatic heterocycles. The maximum absolute atomic E-state index is 6.11. The summed E-state index contributed by atoms with van der Waals surface area (Å²) in [4.78, 5) is 0. The first-order chi connectivity index (χ1) is 8.04. The summed E-state index contributed by atoms with van der Waals surface area (Å²) in [5, 5.41) is 0.834. The molecule has 1 atom stereocenters. The molecule has 0 spiro atoms. The number of aryl methyl sites for hydroxylation is 2. The van der Waals surface area contributed by atoms with Gasteiger partial charge < -0.3 is 4.74 Å². The van der Waals surface area contributed by atoms with Gasteiger partial charge in [-0.3, -0.25) is 0 Å². The van der Waals surface area contributed by atoms with Crippen LogP contribution >= 0.6 is 24.2 Å². The largest absolute Gasteiger partial charge is 0.494 e. The fraction of sp³-hybridized carbons (Fsp3) is 0.571. The Kier molecular flexibility index (Phi) is 6.21. The summed E-state index contributed by atoms with van der Waals surface area (Å²) < 4.78 is 5.76. The van der Waals surface area contributed by atoms with Gasteiger partial charge in [0.25, 0.3) is 0 Å². The Morgan fingerprint density at radius 1 is 1.24 bits per heavy atom. The van der Waals surface area contributed by atoms with Crippen LogP contribution in [0.3, 0.4) is 0 Å². The van der Waals surface area contributed by atoms with E-state index in [2.05, 4.69) is 19.6 Å². The molecule has 1 aromatic rings. The molecular weight excluding hydrogens is 252 g/mol. The fourth-order valence-electron chi connectivity index (χ4n) is 1.73. The van der Waals surface area contributed by atoms with E-state index < -0.39 is 0 Å². The lowest BCUT2D eigenvalue weighted by Crippen LogP contribution is -2.05. The molecule has 0 fully saturated rings. The highest BCUT2D eigenvalue weighted by Gasteiger charge is 2.05. The van der Waals surface area contributed by atoms with Crippen LogP contribution in [0.15, 0.2) is 12.1 Å². The highest BCUT2D eigenvalue weighted by molar-refractivity contribution is 7.80. The van der Waals surface area contributed by atoms with Gasteiger partial charge in [0.05, 0.1) is 6.61 Å². The Morgan fingerprint density at radius 3 is 2.35 bits per heavy atom. The van der Waals surface area contributed by atoms with Crippen LogP contribution in [0.4, 0.5) is 0 Å². The fourth-order valence-corrected chi connectivity index (χ4v) is 2.28. The zero-order valence-corrected chi connectivity index (χ0v) is 12.4. The van der Waals surface area contributed by atoms with Gasteiger partial charge >= 0.3 is 0 Å². The normalized spacial score (nSPS) is 12.5. The Hall–Kier alpha value is -0.340. The predicted molar refractivity (Wildman–Crippen MR) is 78.7 cm³/mol. The zero-order chi connectivity index (χ0) is 12.8. The third-order valence-corrected chi connectivity index (χ3v) is 3.77. The third-order valence-electron chi connectivity index (χ3n) is 2.91. The summed E-state index contributed by atoms with van der Waals surface area (Å²) in [6.45, 7) is 7.00. The van der Waals surface area contributed by atoms with E-state index in [9.17, 15) is 0 Å². The lowest BCUT2D eigenvalue weighted by Gasteiger charge is -2.12. The van der Waals surface area contributed by atoms with Crippen molar-refractivity contribution in [3.05, 3.63) is 28.3 Å². The minimum Gasteiger partial charge on any atom is -0.494 e. The van der Waals surface area contributed by atoms with Gasteiger partial charge in [0.15, 0.2) is 0 Å². The molecule has 0 aliphatic rings. The number of halogens is 1. The van der Waals surface area contributed by atoms with Crippen LogP contribution in [0.25, 0.3) is 0 Å². The molecule has 0 aliphatic carbocycles. The molecule has 0 saturated heterocycles. The zero-order valence-electron chi connectivity index (χ0n) is 10.8. The molecule has 0 amide bonds. The van der Waals surface area contributed by atoms with Crippen LogP contribution in [0.5, 0.6) is 5.75 Å². The summed E-state index contributed by atoms with van der Waals surface area (Å²) in [6.07, 6.45) is 2.21. The standard InChI is InChI=1S/C14H21ClOS/c1-10(5-7-17)4-6-16-13-8-11(2)14(15)12(3)9-13/h8-10,17H,4-7H2,1-3H3. The van der Waals surface area contributed by atoms with Gasteiger partial charge in [-0.25, -0.2) is 0 Å². The molecule has 1 aromatic carbocycles. The second-order valence-electron chi connectivity index (χ2n) is 4.63. The van der Waals surface area contributed by atoms with Crippen LogP contribution in [-0.2, 0) is 0 Å². The molecule has 0 saturated carbocycles. The average Bonchev–Trinajstić information content (AvgIpc) is 2.26. The quantitative estimate of drug-likeness (QED) is 0.740. The molecule has 0 N–H and O–H groups in total. The minimum atomic E-state index is 0.669. The van der Waals surface area contributed by atoms with Crippen LogP contribution in [-0.4, -0.2) is 12.4 Å². The van der Waals surface area contributed by atoms with Crippen LogP contribution in [0, 0.1) is 19.8 Å². The second kappa shape index (κ2) is 7.17. The minimum absolute atomic E-state index is 0.669. The lowest BCUT2D eigenvalue weighted by atomic mass is 10.1. The molecule has 3 heteroatoms. The molecular formula is C14H21ClOS. The van der Waals surface area contributed by atoms with Crippen molar-refractivity contribution in [1.29, 1.82) is 0 Å². The molecule has 1 rings (SSSR count). The maximum atomic E-state index is 6.11. The Balaban J connectivity index is 2.47. The highest BCUT2D eigenvalue weighted by Crippen LogP contribution is 2.26. The van der Waals surface area contributed by atoms with Crippen molar-refractivity contribution in [2.24, 2.45) is 5.92 Å². The Bertz CT molecular complexity index is 342. The molecule has 1 nitrogen and oxygen atoms in total. The van der Waals surface area contributed by atoms with Crippen molar-refractivity contribution < 1.29 is 4.74 Å². The van der Waals surface area contributed by atoms with Gasteiger partial charge in [-0.1, -0.05) is 18.5 Å². The topological polar surface area (TPSA) is 9.23 Å². The number of hydrogen-bond donors (Lipinski definition) is 1. The van der Waals surface area contributed by atoms with Crippen LogP contribution < -0.4 is 4.74 Å². The van der Waals surface area contributed by atoms with Gasteiger partial charge in [-0.05, 0) is 61.6 Å². The van der Waals surface area contributed by atoms with Gasteiger partial charge in [-0.15, -0.1) is 0 Å². The number of thiol groups is 1. The van der Waals surface area contributed by atoms with Crippen LogP contribution in [0.1, 0.15) is 30.9 Å². The first-order valence-electron chi connectivity index (χ1n) is 6.05. The van der Waals surface area contributed by atoms with Gasteiger partial charge in [0.2, 0.25) is 0 Å². The van der Waals surface area contributed by atoms with E-state index in [1.54, 1.807) is 0 Å². The molecule has 0 aliphatic heterocycles.